The molecule has 3 rings (SSSR count). The lowest BCUT2D eigenvalue weighted by atomic mass is 10.1. The molecule has 0 spiro atoms. The Hall–Kier alpha value is -4.35. The number of hydrogen-bond donors (Lipinski definition) is 2. The van der Waals surface area contributed by atoms with Gasteiger partial charge in [0.25, 0.3) is 17.2 Å². The number of phenols is 1. The molecular weight excluding hydrogens is 396 g/mol. The number of phenolic OH excluding ortho intramolecular Hbond substituents is 1. The summed E-state index contributed by atoms with van der Waals surface area (Å²) in [5.74, 6) is -0.953. The summed E-state index contributed by atoms with van der Waals surface area (Å²) in [7, 11) is 2.78. The van der Waals surface area contributed by atoms with Crippen LogP contribution in [-0.4, -0.2) is 36.3 Å². The minimum Gasteiger partial charge on any atom is -0.507 e. The molecule has 1 aromatic carbocycles. The Balaban J connectivity index is 1.95. The summed E-state index contributed by atoms with van der Waals surface area (Å²) in [6, 6.07) is 4.68. The maximum absolute atomic E-state index is 12.5. The quantitative estimate of drug-likeness (QED) is 0.354. The number of amides is 1. The average molecular weight is 412 g/mol. The van der Waals surface area contributed by atoms with Gasteiger partial charge in [-0.15, -0.1) is 0 Å². The van der Waals surface area contributed by atoms with Crippen LogP contribution < -0.4 is 16.7 Å². The second-order valence-electron chi connectivity index (χ2n) is 6.40. The maximum atomic E-state index is 12.5. The largest absolute Gasteiger partial charge is 0.507 e. The van der Waals surface area contributed by atoms with E-state index in [1.165, 1.54) is 31.7 Å². The number of benzene rings is 1. The van der Waals surface area contributed by atoms with Gasteiger partial charge in [0.1, 0.15) is 11.4 Å². The first-order valence-electron chi connectivity index (χ1n) is 8.50. The summed E-state index contributed by atoms with van der Waals surface area (Å²) in [6.07, 6.45) is 1.05. The van der Waals surface area contributed by atoms with E-state index < -0.39 is 22.1 Å². The summed E-state index contributed by atoms with van der Waals surface area (Å²) in [5, 5.41) is 24.4. The number of hydrogen-bond acceptors (Lipinski definition) is 8. The number of carbonyl (C=O) groups is 1. The van der Waals surface area contributed by atoms with Crippen LogP contribution in [-0.2, 0) is 14.1 Å². The molecule has 2 N–H and O–H groups in total. The third kappa shape index (κ3) is 3.53. The zero-order valence-electron chi connectivity index (χ0n) is 16.1. The summed E-state index contributed by atoms with van der Waals surface area (Å²) >= 11 is 0. The minimum atomic E-state index is -0.695. The summed E-state index contributed by atoms with van der Waals surface area (Å²) in [4.78, 5) is 51.3. The van der Waals surface area contributed by atoms with Crippen molar-refractivity contribution < 1.29 is 14.8 Å². The highest BCUT2D eigenvalue weighted by atomic mass is 16.6. The van der Waals surface area contributed by atoms with Crippen molar-refractivity contribution in [2.24, 2.45) is 19.2 Å². The van der Waals surface area contributed by atoms with Crippen LogP contribution in [0, 0.1) is 17.0 Å². The SMILES string of the molecule is Cc1nc2c(cc1C(=O)N/N=C/c1cc([N+](=O)[O-])ccc1O)c(=O)n(C)c(=O)n2C. The first-order chi connectivity index (χ1) is 14.1. The molecule has 0 unspecified atom stereocenters. The van der Waals surface area contributed by atoms with Crippen LogP contribution in [0.3, 0.4) is 0 Å². The normalized spacial score (nSPS) is 11.2. The van der Waals surface area contributed by atoms with Crippen molar-refractivity contribution in [3.63, 3.8) is 0 Å². The predicted octanol–water partition coefficient (Wildman–Crippen LogP) is 0.318. The highest BCUT2D eigenvalue weighted by molar-refractivity contribution is 5.98. The van der Waals surface area contributed by atoms with Gasteiger partial charge in [0.05, 0.1) is 27.8 Å². The van der Waals surface area contributed by atoms with Gasteiger partial charge in [-0.2, -0.15) is 5.10 Å². The lowest BCUT2D eigenvalue weighted by molar-refractivity contribution is -0.384. The fourth-order valence-corrected chi connectivity index (χ4v) is 2.80. The number of aromatic hydroxyl groups is 1. The second kappa shape index (κ2) is 7.58. The summed E-state index contributed by atoms with van der Waals surface area (Å²) in [5.41, 5.74) is 1.31. The monoisotopic (exact) mass is 412 g/mol. The van der Waals surface area contributed by atoms with Crippen molar-refractivity contribution in [3.8, 4) is 5.75 Å². The molecular formula is C18H16N6O6. The zero-order chi connectivity index (χ0) is 22.2. The van der Waals surface area contributed by atoms with Crippen LogP contribution in [0.25, 0.3) is 11.0 Å². The number of aromatic nitrogens is 3. The van der Waals surface area contributed by atoms with Gasteiger partial charge in [-0.05, 0) is 19.1 Å². The number of nitrogens with one attached hydrogen (secondary N) is 1. The fourth-order valence-electron chi connectivity index (χ4n) is 2.80. The minimum absolute atomic E-state index is 0.0294. The van der Waals surface area contributed by atoms with Gasteiger partial charge in [-0.3, -0.25) is 28.8 Å². The molecule has 12 nitrogen and oxygen atoms in total. The van der Waals surface area contributed by atoms with Crippen molar-refractivity contribution in [1.82, 2.24) is 19.5 Å². The molecule has 154 valence electrons. The molecule has 2 aromatic heterocycles. The highest BCUT2D eigenvalue weighted by Gasteiger charge is 2.16. The number of nitro benzene ring substituents is 1. The number of carbonyl (C=O) groups excluding carboxylic acids is 1. The van der Waals surface area contributed by atoms with Crippen molar-refractivity contribution in [2.75, 3.05) is 0 Å². The molecule has 3 aromatic rings. The molecule has 2 heterocycles. The van der Waals surface area contributed by atoms with Crippen LogP contribution in [0.4, 0.5) is 5.69 Å². The molecule has 0 aliphatic heterocycles. The van der Waals surface area contributed by atoms with E-state index in [1.54, 1.807) is 0 Å². The summed E-state index contributed by atoms with van der Waals surface area (Å²) < 4.78 is 2.11. The van der Waals surface area contributed by atoms with Gasteiger partial charge < -0.3 is 5.11 Å². The van der Waals surface area contributed by atoms with Crippen LogP contribution in [0.1, 0.15) is 21.6 Å². The standard InChI is InChI=1S/C18H16N6O6/c1-9-12(7-13-15(20-9)22(2)18(28)23(3)17(13)27)16(26)21-19-8-10-6-11(24(29)30)4-5-14(10)25/h4-8,25H,1-3H3,(H,21,26)/b19-8+. The topological polar surface area (TPSA) is 162 Å². The van der Waals surface area contributed by atoms with Crippen LogP contribution in [0.15, 0.2) is 39.0 Å². The Morgan fingerprint density at radius 2 is 1.97 bits per heavy atom. The van der Waals surface area contributed by atoms with E-state index in [1.807, 2.05) is 0 Å². The first kappa shape index (κ1) is 20.4. The molecule has 0 saturated heterocycles. The predicted molar refractivity (Wildman–Crippen MR) is 107 cm³/mol. The smallest absolute Gasteiger partial charge is 0.332 e. The number of fused-ring (bicyclic) bond motifs is 1. The molecule has 0 aliphatic carbocycles. The second-order valence-corrected chi connectivity index (χ2v) is 6.40. The Labute approximate surface area is 167 Å². The molecule has 12 heteroatoms. The Morgan fingerprint density at radius 3 is 2.63 bits per heavy atom. The molecule has 0 bridgehead atoms. The molecule has 1 amide bonds. The van der Waals surface area contributed by atoms with Crippen LogP contribution in [0.5, 0.6) is 5.75 Å². The maximum Gasteiger partial charge on any atom is 0.332 e. The van der Waals surface area contributed by atoms with Crippen molar-refractivity contribution in [1.29, 1.82) is 0 Å². The van der Waals surface area contributed by atoms with Gasteiger partial charge in [0.2, 0.25) is 0 Å². The number of nitrogens with zero attached hydrogens (tertiary/aromatic N) is 5. The number of non-ortho nitro benzene ring substituents is 1. The van der Waals surface area contributed by atoms with Crippen molar-refractivity contribution >= 4 is 28.8 Å². The van der Waals surface area contributed by atoms with Crippen LogP contribution >= 0.6 is 0 Å². The zero-order valence-corrected chi connectivity index (χ0v) is 16.1. The van der Waals surface area contributed by atoms with Crippen LogP contribution in [0.2, 0.25) is 0 Å². The molecule has 0 aliphatic rings. The van der Waals surface area contributed by atoms with Gasteiger partial charge in [-0.25, -0.2) is 15.2 Å². The van der Waals surface area contributed by atoms with E-state index in [4.69, 9.17) is 0 Å². The number of hydrazone groups is 1. The van der Waals surface area contributed by atoms with E-state index in [0.717, 1.165) is 29.0 Å². The van der Waals surface area contributed by atoms with E-state index in [2.05, 4.69) is 15.5 Å². The van der Waals surface area contributed by atoms with Gasteiger partial charge in [-0.1, -0.05) is 0 Å². The lowest BCUT2D eigenvalue weighted by Crippen LogP contribution is -2.37. The Kier molecular flexibility index (Phi) is 5.15. The molecule has 30 heavy (non-hydrogen) atoms. The van der Waals surface area contributed by atoms with E-state index in [0.29, 0.717) is 0 Å². The number of rotatable bonds is 4. The molecule has 0 radical (unpaired) electrons. The lowest BCUT2D eigenvalue weighted by Gasteiger charge is -2.10. The fraction of sp³-hybridized carbons (Fsp3) is 0.167. The average Bonchev–Trinajstić information content (AvgIpc) is 2.71. The number of nitro groups is 1. The van der Waals surface area contributed by atoms with E-state index in [-0.39, 0.29) is 39.3 Å². The number of aryl methyl sites for hydroxylation is 2. The van der Waals surface area contributed by atoms with E-state index in [9.17, 15) is 29.6 Å². The Bertz CT molecular complexity index is 1350. The Morgan fingerprint density at radius 1 is 1.27 bits per heavy atom. The third-order valence-electron chi connectivity index (χ3n) is 4.46. The van der Waals surface area contributed by atoms with Crippen molar-refractivity contribution in [2.45, 2.75) is 6.92 Å². The molecule has 0 fully saturated rings. The van der Waals surface area contributed by atoms with Gasteiger partial charge >= 0.3 is 5.69 Å². The highest BCUT2D eigenvalue weighted by Crippen LogP contribution is 2.21. The third-order valence-corrected chi connectivity index (χ3v) is 4.46. The summed E-state index contributed by atoms with van der Waals surface area (Å²) in [6.45, 7) is 1.53. The number of pyridine rings is 1. The van der Waals surface area contributed by atoms with Crippen molar-refractivity contribution in [3.05, 3.63) is 72.0 Å². The molecule has 0 saturated carbocycles. The molecule has 0 atom stereocenters. The first-order valence-corrected chi connectivity index (χ1v) is 8.50. The van der Waals surface area contributed by atoms with E-state index >= 15 is 0 Å². The van der Waals surface area contributed by atoms with Gasteiger partial charge in [0, 0.05) is 31.8 Å². The van der Waals surface area contributed by atoms with Gasteiger partial charge in [0.15, 0.2) is 0 Å².